The minimum atomic E-state index is -0.830. The standard InChI is InChI=1S/C13H18O4/c1-13(2,3)17-12(15)16-9-11(14)10-7-5-4-6-8-10/h4-8,11,14H,9H2,1-3H3. The van der Waals surface area contributed by atoms with E-state index in [1.165, 1.54) is 0 Å². The van der Waals surface area contributed by atoms with Crippen LogP contribution < -0.4 is 0 Å². The number of hydrogen-bond donors (Lipinski definition) is 1. The Morgan fingerprint density at radius 3 is 2.41 bits per heavy atom. The van der Waals surface area contributed by atoms with Crippen LogP contribution in [-0.2, 0) is 9.47 Å². The Labute approximate surface area is 101 Å². The van der Waals surface area contributed by atoms with Gasteiger partial charge in [-0.15, -0.1) is 0 Å². The van der Waals surface area contributed by atoms with Crippen molar-refractivity contribution in [3.8, 4) is 0 Å². The smallest absolute Gasteiger partial charge is 0.431 e. The van der Waals surface area contributed by atoms with Crippen LogP contribution in [0.3, 0.4) is 0 Å². The summed E-state index contributed by atoms with van der Waals surface area (Å²) in [6, 6.07) is 9.01. The van der Waals surface area contributed by atoms with Gasteiger partial charge in [-0.05, 0) is 26.3 Å². The molecule has 1 unspecified atom stereocenters. The van der Waals surface area contributed by atoms with Gasteiger partial charge in [0.2, 0.25) is 0 Å². The SMILES string of the molecule is CC(C)(C)OC(=O)OCC(O)c1ccccc1. The molecule has 4 heteroatoms. The molecule has 0 aliphatic heterocycles. The third-order valence-electron chi connectivity index (χ3n) is 1.93. The molecule has 4 nitrogen and oxygen atoms in total. The summed E-state index contributed by atoms with van der Waals surface area (Å²) in [7, 11) is 0. The van der Waals surface area contributed by atoms with Gasteiger partial charge in [-0.25, -0.2) is 4.79 Å². The lowest BCUT2D eigenvalue weighted by Gasteiger charge is -2.19. The molecule has 1 N–H and O–H groups in total. The van der Waals surface area contributed by atoms with Gasteiger partial charge in [-0.3, -0.25) is 0 Å². The van der Waals surface area contributed by atoms with E-state index < -0.39 is 17.9 Å². The number of benzene rings is 1. The molecule has 0 bridgehead atoms. The molecule has 1 rings (SSSR count). The number of aliphatic hydroxyl groups excluding tert-OH is 1. The van der Waals surface area contributed by atoms with E-state index in [1.807, 2.05) is 18.2 Å². The van der Waals surface area contributed by atoms with Crippen molar-refractivity contribution in [1.29, 1.82) is 0 Å². The number of carbonyl (C=O) groups is 1. The normalized spacial score (nSPS) is 12.9. The van der Waals surface area contributed by atoms with Gasteiger partial charge in [0.25, 0.3) is 0 Å². The molecule has 1 aromatic rings. The van der Waals surface area contributed by atoms with Crippen LogP contribution in [0.5, 0.6) is 0 Å². The molecule has 0 fully saturated rings. The number of ether oxygens (including phenoxy) is 2. The summed E-state index contributed by atoms with van der Waals surface area (Å²) in [5, 5.41) is 9.73. The van der Waals surface area contributed by atoms with Gasteiger partial charge < -0.3 is 14.6 Å². The number of carbonyl (C=O) groups excluding carboxylic acids is 1. The lowest BCUT2D eigenvalue weighted by molar-refractivity contribution is -0.0251. The average molecular weight is 238 g/mol. The van der Waals surface area contributed by atoms with Crippen LogP contribution in [0.1, 0.15) is 32.4 Å². The molecular formula is C13H18O4. The minimum absolute atomic E-state index is 0.112. The Balaban J connectivity index is 2.39. The second kappa shape index (κ2) is 5.68. The van der Waals surface area contributed by atoms with Crippen LogP contribution in [0.25, 0.3) is 0 Å². The summed E-state index contributed by atoms with van der Waals surface area (Å²) >= 11 is 0. The fourth-order valence-electron chi connectivity index (χ4n) is 1.20. The molecule has 0 saturated carbocycles. The Morgan fingerprint density at radius 2 is 1.88 bits per heavy atom. The van der Waals surface area contributed by atoms with Crippen molar-refractivity contribution in [2.45, 2.75) is 32.5 Å². The molecule has 1 atom stereocenters. The zero-order chi connectivity index (χ0) is 12.9. The largest absolute Gasteiger partial charge is 0.508 e. The predicted molar refractivity (Wildman–Crippen MR) is 63.6 cm³/mol. The molecule has 0 heterocycles. The first kappa shape index (κ1) is 13.5. The fourth-order valence-corrected chi connectivity index (χ4v) is 1.20. The number of aliphatic hydroxyl groups is 1. The Bertz CT molecular complexity index is 353. The third-order valence-corrected chi connectivity index (χ3v) is 1.93. The maximum atomic E-state index is 11.2. The van der Waals surface area contributed by atoms with Gasteiger partial charge >= 0.3 is 6.16 Å². The lowest BCUT2D eigenvalue weighted by atomic mass is 10.1. The highest BCUT2D eigenvalue weighted by Gasteiger charge is 2.18. The van der Waals surface area contributed by atoms with E-state index >= 15 is 0 Å². The average Bonchev–Trinajstić information content (AvgIpc) is 2.25. The summed E-state index contributed by atoms with van der Waals surface area (Å²) < 4.78 is 9.77. The van der Waals surface area contributed by atoms with E-state index in [9.17, 15) is 9.90 Å². The molecule has 0 saturated heterocycles. The van der Waals surface area contributed by atoms with Gasteiger partial charge in [-0.1, -0.05) is 30.3 Å². The van der Waals surface area contributed by atoms with E-state index in [2.05, 4.69) is 0 Å². The molecule has 1 aromatic carbocycles. The zero-order valence-corrected chi connectivity index (χ0v) is 10.3. The van der Waals surface area contributed by atoms with E-state index in [-0.39, 0.29) is 6.61 Å². The lowest BCUT2D eigenvalue weighted by Crippen LogP contribution is -2.25. The van der Waals surface area contributed by atoms with Crippen molar-refractivity contribution < 1.29 is 19.4 Å². The van der Waals surface area contributed by atoms with Crippen LogP contribution in [0, 0.1) is 0 Å². The number of hydrogen-bond acceptors (Lipinski definition) is 4. The molecule has 17 heavy (non-hydrogen) atoms. The Morgan fingerprint density at radius 1 is 1.29 bits per heavy atom. The quantitative estimate of drug-likeness (QED) is 0.822. The van der Waals surface area contributed by atoms with Gasteiger partial charge in [-0.2, -0.15) is 0 Å². The summed E-state index contributed by atoms with van der Waals surface area (Å²) in [6.07, 6.45) is -1.60. The van der Waals surface area contributed by atoms with Crippen molar-refractivity contribution in [2.24, 2.45) is 0 Å². The topological polar surface area (TPSA) is 55.8 Å². The van der Waals surface area contributed by atoms with Crippen molar-refractivity contribution in [2.75, 3.05) is 6.61 Å². The molecule has 0 amide bonds. The molecule has 0 radical (unpaired) electrons. The van der Waals surface area contributed by atoms with Crippen LogP contribution >= 0.6 is 0 Å². The van der Waals surface area contributed by atoms with Crippen LogP contribution in [-0.4, -0.2) is 23.5 Å². The molecule has 0 aromatic heterocycles. The van der Waals surface area contributed by atoms with E-state index in [1.54, 1.807) is 32.9 Å². The highest BCUT2D eigenvalue weighted by Crippen LogP contribution is 2.14. The second-order valence-electron chi connectivity index (χ2n) is 4.70. The summed E-state index contributed by atoms with van der Waals surface area (Å²) in [5.74, 6) is 0. The Hall–Kier alpha value is -1.55. The third kappa shape index (κ3) is 5.36. The maximum absolute atomic E-state index is 11.2. The van der Waals surface area contributed by atoms with E-state index in [0.717, 1.165) is 0 Å². The molecule has 0 aliphatic rings. The molecule has 94 valence electrons. The van der Waals surface area contributed by atoms with Crippen LogP contribution in [0.15, 0.2) is 30.3 Å². The van der Waals surface area contributed by atoms with E-state index in [0.29, 0.717) is 5.56 Å². The van der Waals surface area contributed by atoms with Crippen molar-refractivity contribution in [3.63, 3.8) is 0 Å². The van der Waals surface area contributed by atoms with Gasteiger partial charge in [0, 0.05) is 0 Å². The second-order valence-corrected chi connectivity index (χ2v) is 4.70. The van der Waals surface area contributed by atoms with E-state index in [4.69, 9.17) is 9.47 Å². The monoisotopic (exact) mass is 238 g/mol. The van der Waals surface area contributed by atoms with Gasteiger partial charge in [0.05, 0.1) is 0 Å². The van der Waals surface area contributed by atoms with Crippen LogP contribution in [0.2, 0.25) is 0 Å². The molecular weight excluding hydrogens is 220 g/mol. The highest BCUT2D eigenvalue weighted by molar-refractivity contribution is 5.60. The first-order valence-electron chi connectivity index (χ1n) is 5.47. The van der Waals surface area contributed by atoms with Crippen LogP contribution in [0.4, 0.5) is 4.79 Å². The summed E-state index contributed by atoms with van der Waals surface area (Å²) in [6.45, 7) is 5.14. The van der Waals surface area contributed by atoms with Crippen molar-refractivity contribution >= 4 is 6.16 Å². The molecule has 0 spiro atoms. The van der Waals surface area contributed by atoms with Crippen molar-refractivity contribution in [1.82, 2.24) is 0 Å². The first-order chi connectivity index (χ1) is 7.88. The molecule has 0 aliphatic carbocycles. The first-order valence-corrected chi connectivity index (χ1v) is 5.47. The van der Waals surface area contributed by atoms with Crippen molar-refractivity contribution in [3.05, 3.63) is 35.9 Å². The zero-order valence-electron chi connectivity index (χ0n) is 10.3. The minimum Gasteiger partial charge on any atom is -0.431 e. The Kier molecular flexibility index (Phi) is 4.52. The fraction of sp³-hybridized carbons (Fsp3) is 0.462. The number of rotatable bonds is 3. The van der Waals surface area contributed by atoms with Gasteiger partial charge in [0.15, 0.2) is 0 Å². The highest BCUT2D eigenvalue weighted by atomic mass is 16.7. The maximum Gasteiger partial charge on any atom is 0.508 e. The summed E-state index contributed by atoms with van der Waals surface area (Å²) in [4.78, 5) is 11.2. The summed E-state index contributed by atoms with van der Waals surface area (Å²) in [5.41, 5.74) is 0.116. The predicted octanol–water partition coefficient (Wildman–Crippen LogP) is 2.67. The van der Waals surface area contributed by atoms with Gasteiger partial charge in [0.1, 0.15) is 18.3 Å².